The van der Waals surface area contributed by atoms with Gasteiger partial charge in [-0.05, 0) is 104 Å². The van der Waals surface area contributed by atoms with Crippen molar-refractivity contribution in [1.29, 1.82) is 0 Å². The van der Waals surface area contributed by atoms with E-state index in [1.165, 1.54) is 20.0 Å². The molecule has 4 nitrogen and oxygen atoms in total. The Labute approximate surface area is 188 Å². The van der Waals surface area contributed by atoms with E-state index in [9.17, 15) is 14.7 Å². The van der Waals surface area contributed by atoms with Crippen LogP contribution in [0.3, 0.4) is 0 Å². The lowest BCUT2D eigenvalue weighted by atomic mass is 9.43. The Morgan fingerprint density at radius 3 is 2.52 bits per heavy atom. The first-order valence-electron chi connectivity index (χ1n) is 12.6. The van der Waals surface area contributed by atoms with Crippen LogP contribution in [0.25, 0.3) is 0 Å². The van der Waals surface area contributed by atoms with Crippen molar-refractivity contribution in [2.24, 2.45) is 46.3 Å². The van der Waals surface area contributed by atoms with Gasteiger partial charge >= 0.3 is 5.97 Å². The molecule has 174 valence electrons. The van der Waals surface area contributed by atoms with Crippen LogP contribution >= 0.6 is 0 Å². The second-order valence-electron chi connectivity index (χ2n) is 11.7. The third-order valence-corrected chi connectivity index (χ3v) is 10.5. The van der Waals surface area contributed by atoms with E-state index in [1.54, 1.807) is 0 Å². The number of aliphatic hydroxyl groups is 1. The van der Waals surface area contributed by atoms with Crippen molar-refractivity contribution >= 4 is 11.8 Å². The maximum absolute atomic E-state index is 13.9. The van der Waals surface area contributed by atoms with Crippen LogP contribution in [-0.4, -0.2) is 30.1 Å². The SMILES string of the molecule is C/C=C1/C(=O)[C@H]2[C@@H](CC[C@]3(C)[C@@H]2CC[C@H]3[C@@H](C)CCC(=O)OC)[C@]2(C)CC[C@H](O)C[C@H]12. The number of Topliss-reactive ketones (excluding diaryl/α,β-unsaturated/α-hetero) is 1. The molecule has 0 bridgehead atoms. The fraction of sp³-hybridized carbons (Fsp3) is 0.852. The van der Waals surface area contributed by atoms with Gasteiger partial charge in [-0.25, -0.2) is 0 Å². The molecular weight excluding hydrogens is 388 g/mol. The third kappa shape index (κ3) is 3.52. The molecule has 0 aliphatic heterocycles. The summed E-state index contributed by atoms with van der Waals surface area (Å²) in [6.07, 6.45) is 10.4. The normalized spacial score (nSPS) is 46.8. The van der Waals surface area contributed by atoms with Crippen molar-refractivity contribution in [2.45, 2.75) is 91.6 Å². The van der Waals surface area contributed by atoms with Crippen LogP contribution in [-0.2, 0) is 14.3 Å². The van der Waals surface area contributed by atoms with Crippen LogP contribution in [0.1, 0.15) is 85.5 Å². The predicted molar refractivity (Wildman–Crippen MR) is 121 cm³/mol. The minimum Gasteiger partial charge on any atom is -0.469 e. The average Bonchev–Trinajstić information content (AvgIpc) is 3.10. The first-order valence-corrected chi connectivity index (χ1v) is 12.6. The molecule has 4 aliphatic carbocycles. The van der Waals surface area contributed by atoms with Gasteiger partial charge < -0.3 is 9.84 Å². The van der Waals surface area contributed by atoms with Crippen LogP contribution in [0.4, 0.5) is 0 Å². The number of aliphatic hydroxyl groups excluding tert-OH is 1. The molecule has 0 saturated heterocycles. The molecule has 4 rings (SSSR count). The van der Waals surface area contributed by atoms with Gasteiger partial charge in [-0.15, -0.1) is 0 Å². The zero-order valence-corrected chi connectivity index (χ0v) is 20.2. The number of hydrogen-bond acceptors (Lipinski definition) is 4. The van der Waals surface area contributed by atoms with Gasteiger partial charge in [0.05, 0.1) is 13.2 Å². The molecule has 0 aromatic heterocycles. The number of hydrogen-bond donors (Lipinski definition) is 1. The molecule has 4 saturated carbocycles. The molecule has 0 aromatic rings. The highest BCUT2D eigenvalue weighted by molar-refractivity contribution is 5.99. The van der Waals surface area contributed by atoms with E-state index in [0.717, 1.165) is 44.1 Å². The topological polar surface area (TPSA) is 63.6 Å². The maximum Gasteiger partial charge on any atom is 0.305 e. The van der Waals surface area contributed by atoms with E-state index >= 15 is 0 Å². The van der Waals surface area contributed by atoms with E-state index < -0.39 is 0 Å². The Balaban J connectivity index is 1.61. The van der Waals surface area contributed by atoms with E-state index in [1.807, 2.05) is 6.92 Å². The summed E-state index contributed by atoms with van der Waals surface area (Å²) in [6.45, 7) is 9.18. The molecule has 0 unspecified atom stereocenters. The highest BCUT2D eigenvalue weighted by atomic mass is 16.5. The zero-order chi connectivity index (χ0) is 22.6. The smallest absolute Gasteiger partial charge is 0.305 e. The molecule has 0 heterocycles. The maximum atomic E-state index is 13.9. The number of methoxy groups -OCH3 is 1. The second-order valence-corrected chi connectivity index (χ2v) is 11.7. The van der Waals surface area contributed by atoms with E-state index in [0.29, 0.717) is 35.9 Å². The Kier molecular flexibility index (Phi) is 6.17. The van der Waals surface area contributed by atoms with Gasteiger partial charge in [0, 0.05) is 12.3 Å². The van der Waals surface area contributed by atoms with E-state index in [2.05, 4.69) is 26.8 Å². The quantitative estimate of drug-likeness (QED) is 0.484. The lowest BCUT2D eigenvalue weighted by Gasteiger charge is -2.61. The van der Waals surface area contributed by atoms with E-state index in [-0.39, 0.29) is 34.7 Å². The number of carbonyl (C=O) groups is 2. The van der Waals surface area contributed by atoms with Gasteiger partial charge in [-0.1, -0.05) is 26.8 Å². The Bertz CT molecular complexity index is 756. The number of carbonyl (C=O) groups excluding carboxylic acids is 2. The summed E-state index contributed by atoms with van der Waals surface area (Å²) in [5.41, 5.74) is 1.33. The summed E-state index contributed by atoms with van der Waals surface area (Å²) < 4.78 is 4.87. The van der Waals surface area contributed by atoms with E-state index in [4.69, 9.17) is 4.74 Å². The van der Waals surface area contributed by atoms with Gasteiger partial charge in [0.1, 0.15) is 0 Å². The molecule has 9 atom stereocenters. The zero-order valence-electron chi connectivity index (χ0n) is 20.2. The highest BCUT2D eigenvalue weighted by Crippen LogP contribution is 2.68. The van der Waals surface area contributed by atoms with Crippen molar-refractivity contribution < 1.29 is 19.4 Å². The first kappa shape index (κ1) is 23.0. The van der Waals surface area contributed by atoms with Crippen molar-refractivity contribution in [3.63, 3.8) is 0 Å². The molecule has 0 aromatic carbocycles. The fourth-order valence-corrected chi connectivity index (χ4v) is 8.81. The van der Waals surface area contributed by atoms with Crippen molar-refractivity contribution in [3.05, 3.63) is 11.6 Å². The lowest BCUT2D eigenvalue weighted by molar-refractivity contribution is -0.150. The van der Waals surface area contributed by atoms with Gasteiger partial charge in [-0.3, -0.25) is 9.59 Å². The lowest BCUT2D eigenvalue weighted by Crippen LogP contribution is -2.58. The largest absolute Gasteiger partial charge is 0.469 e. The minimum atomic E-state index is -0.266. The summed E-state index contributed by atoms with van der Waals surface area (Å²) in [6, 6.07) is 0. The number of ketones is 1. The van der Waals surface area contributed by atoms with Crippen molar-refractivity contribution in [1.82, 2.24) is 0 Å². The molecule has 31 heavy (non-hydrogen) atoms. The molecule has 4 fully saturated rings. The molecule has 0 spiro atoms. The number of rotatable bonds is 4. The third-order valence-electron chi connectivity index (χ3n) is 10.5. The molecular formula is C27H42O4. The minimum absolute atomic E-state index is 0.117. The number of ether oxygens (including phenoxy) is 1. The molecule has 0 radical (unpaired) electrons. The Morgan fingerprint density at radius 1 is 1.16 bits per heavy atom. The van der Waals surface area contributed by atoms with Gasteiger partial charge in [0.25, 0.3) is 0 Å². The molecule has 1 N–H and O–H groups in total. The Hall–Kier alpha value is -1.16. The molecule has 4 aliphatic rings. The van der Waals surface area contributed by atoms with Crippen LogP contribution in [0.2, 0.25) is 0 Å². The van der Waals surface area contributed by atoms with Crippen LogP contribution < -0.4 is 0 Å². The van der Waals surface area contributed by atoms with Crippen LogP contribution in [0, 0.1) is 46.3 Å². The number of esters is 1. The summed E-state index contributed by atoms with van der Waals surface area (Å²) in [7, 11) is 1.47. The number of allylic oxidation sites excluding steroid dienone is 2. The molecule has 0 amide bonds. The monoisotopic (exact) mass is 430 g/mol. The average molecular weight is 431 g/mol. The standard InChI is InChI=1S/C27H42O4/c1-6-18-22-15-17(28)11-13-27(22,4)21-12-14-26(3)19(16(2)7-10-23(29)31-5)8-9-20(26)24(21)25(18)30/h6,16-17,19-22,24,28H,7-15H2,1-5H3/b18-6+/t16-,17-,19-,20+,21+,22+,24+,26-,27-/m0/s1. The summed E-state index contributed by atoms with van der Waals surface area (Å²) in [5.74, 6) is 2.57. The molecule has 4 heteroatoms. The van der Waals surface area contributed by atoms with Crippen molar-refractivity contribution in [3.8, 4) is 0 Å². The summed E-state index contributed by atoms with van der Waals surface area (Å²) in [4.78, 5) is 25.6. The summed E-state index contributed by atoms with van der Waals surface area (Å²) in [5, 5.41) is 10.4. The van der Waals surface area contributed by atoms with Crippen LogP contribution in [0.15, 0.2) is 11.6 Å². The fourth-order valence-electron chi connectivity index (χ4n) is 8.81. The Morgan fingerprint density at radius 2 is 1.84 bits per heavy atom. The first-order chi connectivity index (χ1) is 14.7. The van der Waals surface area contributed by atoms with Crippen LogP contribution in [0.5, 0.6) is 0 Å². The van der Waals surface area contributed by atoms with Crippen molar-refractivity contribution in [2.75, 3.05) is 7.11 Å². The van der Waals surface area contributed by atoms with Gasteiger partial charge in [0.2, 0.25) is 0 Å². The van der Waals surface area contributed by atoms with Gasteiger partial charge in [-0.2, -0.15) is 0 Å². The van der Waals surface area contributed by atoms with Gasteiger partial charge in [0.15, 0.2) is 5.78 Å². The predicted octanol–water partition coefficient (Wildman–Crippen LogP) is 5.33. The number of fused-ring (bicyclic) bond motifs is 5. The summed E-state index contributed by atoms with van der Waals surface area (Å²) >= 11 is 0. The highest BCUT2D eigenvalue weighted by Gasteiger charge is 2.64. The second kappa shape index (κ2) is 8.32.